The van der Waals surface area contributed by atoms with Crippen molar-refractivity contribution in [2.75, 3.05) is 0 Å². The van der Waals surface area contributed by atoms with Gasteiger partial charge in [-0.25, -0.2) is 0 Å². The van der Waals surface area contributed by atoms with Crippen LogP contribution in [0, 0.1) is 5.92 Å². The largest absolute Gasteiger partial charge is 0.489 e. The summed E-state index contributed by atoms with van der Waals surface area (Å²) in [5, 5.41) is 0. The summed E-state index contributed by atoms with van der Waals surface area (Å²) in [5.41, 5.74) is 3.36. The van der Waals surface area contributed by atoms with Crippen LogP contribution in [0.2, 0.25) is 0 Å². The zero-order chi connectivity index (χ0) is 19.0. The quantitative estimate of drug-likeness (QED) is 0.631. The number of carbonyl (C=O) groups excluding carboxylic acids is 2. The molecule has 2 aliphatic rings. The maximum atomic E-state index is 12.9. The number of rotatable bonds is 6. The van der Waals surface area contributed by atoms with E-state index in [0.29, 0.717) is 35.6 Å². The molecule has 27 heavy (non-hydrogen) atoms. The Morgan fingerprint density at radius 3 is 2.44 bits per heavy atom. The Kier molecular flexibility index (Phi) is 4.86. The first-order valence-corrected chi connectivity index (χ1v) is 10.0. The second kappa shape index (κ2) is 7.30. The lowest BCUT2D eigenvalue weighted by Crippen LogP contribution is -2.16. The predicted octanol–water partition coefficient (Wildman–Crippen LogP) is 5.57. The lowest BCUT2D eigenvalue weighted by molar-refractivity contribution is 0.0936. The fourth-order valence-corrected chi connectivity index (χ4v) is 4.27. The van der Waals surface area contributed by atoms with Gasteiger partial charge in [-0.05, 0) is 30.5 Å². The molecule has 0 bridgehead atoms. The van der Waals surface area contributed by atoms with Gasteiger partial charge in [0.05, 0.1) is 5.56 Å². The van der Waals surface area contributed by atoms with E-state index in [0.717, 1.165) is 24.0 Å². The molecule has 0 radical (unpaired) electrons. The van der Waals surface area contributed by atoms with Gasteiger partial charge in [0.15, 0.2) is 11.6 Å². The highest BCUT2D eigenvalue weighted by Crippen LogP contribution is 2.45. The third-order valence-corrected chi connectivity index (χ3v) is 6.03. The summed E-state index contributed by atoms with van der Waals surface area (Å²) >= 11 is 0. The van der Waals surface area contributed by atoms with Crippen molar-refractivity contribution in [2.24, 2.45) is 5.92 Å². The molecular weight excluding hydrogens is 336 g/mol. The topological polar surface area (TPSA) is 43.4 Å². The Labute approximate surface area is 160 Å². The molecule has 2 aromatic rings. The molecular formula is C24H26O3. The van der Waals surface area contributed by atoms with Crippen LogP contribution < -0.4 is 4.74 Å². The van der Waals surface area contributed by atoms with E-state index in [9.17, 15) is 9.59 Å². The van der Waals surface area contributed by atoms with Gasteiger partial charge in [0.2, 0.25) is 0 Å². The van der Waals surface area contributed by atoms with Crippen LogP contribution in [0.1, 0.15) is 83.7 Å². The van der Waals surface area contributed by atoms with Gasteiger partial charge in [-0.1, -0.05) is 56.5 Å². The van der Waals surface area contributed by atoms with E-state index in [2.05, 4.69) is 12.1 Å². The fourth-order valence-electron chi connectivity index (χ4n) is 4.27. The first-order valence-electron chi connectivity index (χ1n) is 10.0. The van der Waals surface area contributed by atoms with E-state index in [1.165, 1.54) is 6.42 Å². The van der Waals surface area contributed by atoms with E-state index in [4.69, 9.17) is 4.74 Å². The summed E-state index contributed by atoms with van der Waals surface area (Å²) in [6.07, 6.45) is 4.44. The van der Waals surface area contributed by atoms with Crippen LogP contribution in [-0.4, -0.2) is 17.7 Å². The summed E-state index contributed by atoms with van der Waals surface area (Å²) in [7, 11) is 0. The van der Waals surface area contributed by atoms with Crippen LogP contribution >= 0.6 is 0 Å². The minimum absolute atomic E-state index is 0.0328. The molecule has 0 amide bonds. The molecule has 4 rings (SSSR count). The van der Waals surface area contributed by atoms with Crippen LogP contribution in [0.3, 0.4) is 0 Å². The highest BCUT2D eigenvalue weighted by Gasteiger charge is 2.36. The second-order valence-corrected chi connectivity index (χ2v) is 7.85. The Hall–Kier alpha value is -2.42. The molecule has 2 aromatic carbocycles. The standard InChI is InChI=1S/C24H26O3/c1-3-21(25)19-13-18(22(26)12-16-8-7-9-16)14-20-23(15(2)27-24(19)20)17-10-5-4-6-11-17/h4-6,10-11,13-16,23H,3,7-9,12H2,1-2H3/t15-,23-/m1/s1. The summed E-state index contributed by atoms with van der Waals surface area (Å²) in [6.45, 7) is 3.89. The minimum atomic E-state index is -0.0669. The number of fused-ring (bicyclic) bond motifs is 1. The molecule has 140 valence electrons. The van der Waals surface area contributed by atoms with E-state index >= 15 is 0 Å². The molecule has 2 atom stereocenters. The average molecular weight is 362 g/mol. The zero-order valence-electron chi connectivity index (χ0n) is 16.0. The molecule has 0 spiro atoms. The molecule has 1 aliphatic heterocycles. The Morgan fingerprint density at radius 1 is 1.07 bits per heavy atom. The fraction of sp³-hybridized carbons (Fsp3) is 0.417. The van der Waals surface area contributed by atoms with Crippen molar-refractivity contribution in [3.05, 3.63) is 64.7 Å². The number of benzene rings is 2. The molecule has 3 heteroatoms. The van der Waals surface area contributed by atoms with Crippen LogP contribution in [0.5, 0.6) is 5.75 Å². The molecule has 1 fully saturated rings. The van der Waals surface area contributed by atoms with Gasteiger partial charge in [-0.2, -0.15) is 0 Å². The normalized spacial score (nSPS) is 21.3. The number of Topliss-reactive ketones (excluding diaryl/α,β-unsaturated/α-hetero) is 2. The molecule has 1 heterocycles. The smallest absolute Gasteiger partial charge is 0.166 e. The average Bonchev–Trinajstić information content (AvgIpc) is 2.99. The van der Waals surface area contributed by atoms with Crippen LogP contribution in [0.4, 0.5) is 0 Å². The van der Waals surface area contributed by atoms with Gasteiger partial charge in [-0.3, -0.25) is 9.59 Å². The van der Waals surface area contributed by atoms with Crippen LogP contribution in [0.15, 0.2) is 42.5 Å². The Morgan fingerprint density at radius 2 is 1.81 bits per heavy atom. The molecule has 3 nitrogen and oxygen atoms in total. The molecule has 0 saturated heterocycles. The van der Waals surface area contributed by atoms with Crippen molar-refractivity contribution >= 4 is 11.6 Å². The van der Waals surface area contributed by atoms with Crippen molar-refractivity contribution in [2.45, 2.75) is 58.0 Å². The van der Waals surface area contributed by atoms with Gasteiger partial charge in [0, 0.05) is 29.9 Å². The van der Waals surface area contributed by atoms with Crippen LogP contribution in [-0.2, 0) is 0 Å². The van der Waals surface area contributed by atoms with Gasteiger partial charge in [0.25, 0.3) is 0 Å². The molecule has 1 aliphatic carbocycles. The highest BCUT2D eigenvalue weighted by molar-refractivity contribution is 6.04. The Bertz CT molecular complexity index is 865. The molecule has 0 unspecified atom stereocenters. The highest BCUT2D eigenvalue weighted by atomic mass is 16.5. The number of carbonyl (C=O) groups is 2. The predicted molar refractivity (Wildman–Crippen MR) is 106 cm³/mol. The second-order valence-electron chi connectivity index (χ2n) is 7.85. The molecule has 0 N–H and O–H groups in total. The number of hydrogen-bond donors (Lipinski definition) is 0. The lowest BCUT2D eigenvalue weighted by atomic mass is 9.80. The first kappa shape index (κ1) is 18.0. The number of hydrogen-bond acceptors (Lipinski definition) is 3. The molecule has 0 aromatic heterocycles. The van der Waals surface area contributed by atoms with E-state index < -0.39 is 0 Å². The maximum absolute atomic E-state index is 12.9. The van der Waals surface area contributed by atoms with E-state index in [-0.39, 0.29) is 23.6 Å². The summed E-state index contributed by atoms with van der Waals surface area (Å²) in [4.78, 5) is 25.5. The summed E-state index contributed by atoms with van der Waals surface area (Å²) in [5.74, 6) is 1.41. The van der Waals surface area contributed by atoms with Crippen molar-refractivity contribution < 1.29 is 14.3 Å². The number of ether oxygens (including phenoxy) is 1. The van der Waals surface area contributed by atoms with Gasteiger partial charge in [0.1, 0.15) is 11.9 Å². The van der Waals surface area contributed by atoms with Crippen molar-refractivity contribution in [3.8, 4) is 5.75 Å². The van der Waals surface area contributed by atoms with E-state index in [1.54, 1.807) is 6.07 Å². The monoisotopic (exact) mass is 362 g/mol. The van der Waals surface area contributed by atoms with Crippen molar-refractivity contribution in [1.29, 1.82) is 0 Å². The number of ketones is 2. The van der Waals surface area contributed by atoms with Crippen molar-refractivity contribution in [1.82, 2.24) is 0 Å². The summed E-state index contributed by atoms with van der Waals surface area (Å²) < 4.78 is 6.14. The van der Waals surface area contributed by atoms with Crippen LogP contribution in [0.25, 0.3) is 0 Å². The summed E-state index contributed by atoms with van der Waals surface area (Å²) in [6, 6.07) is 14.0. The van der Waals surface area contributed by atoms with Gasteiger partial charge < -0.3 is 4.74 Å². The van der Waals surface area contributed by atoms with Crippen molar-refractivity contribution in [3.63, 3.8) is 0 Å². The third-order valence-electron chi connectivity index (χ3n) is 6.03. The van der Waals surface area contributed by atoms with Gasteiger partial charge >= 0.3 is 0 Å². The first-order chi connectivity index (χ1) is 13.1. The third kappa shape index (κ3) is 3.31. The zero-order valence-corrected chi connectivity index (χ0v) is 16.0. The Balaban J connectivity index is 1.78. The lowest BCUT2D eigenvalue weighted by Gasteiger charge is -2.24. The molecule has 1 saturated carbocycles. The minimum Gasteiger partial charge on any atom is -0.489 e. The van der Waals surface area contributed by atoms with Gasteiger partial charge in [-0.15, -0.1) is 0 Å². The SMILES string of the molecule is CCC(=O)c1cc(C(=O)CC2CCC2)cc2c1O[C@H](C)[C@@H]2c1ccccc1. The maximum Gasteiger partial charge on any atom is 0.166 e. The van der Waals surface area contributed by atoms with E-state index in [1.807, 2.05) is 38.1 Å².